The fourth-order valence-electron chi connectivity index (χ4n) is 9.35. The van der Waals surface area contributed by atoms with Crippen LogP contribution in [0.2, 0.25) is 0 Å². The number of aliphatic imine (C=N–C) groups is 1. The molecule has 2 aliphatic heterocycles. The molecule has 0 saturated carbocycles. The van der Waals surface area contributed by atoms with Gasteiger partial charge in [0.15, 0.2) is 5.58 Å². The van der Waals surface area contributed by atoms with Crippen molar-refractivity contribution < 1.29 is 9.15 Å². The predicted octanol–water partition coefficient (Wildman–Crippen LogP) is 11.5. The zero-order valence-electron chi connectivity index (χ0n) is 30.8. The van der Waals surface area contributed by atoms with Gasteiger partial charge in [0.2, 0.25) is 0 Å². The highest BCUT2D eigenvalue weighted by Crippen LogP contribution is 2.52. The van der Waals surface area contributed by atoms with Gasteiger partial charge in [-0.15, -0.1) is 0 Å². The lowest BCUT2D eigenvalue weighted by molar-refractivity contribution is 0.264. The van der Waals surface area contributed by atoms with Gasteiger partial charge in [-0.05, 0) is 35.4 Å². The van der Waals surface area contributed by atoms with Crippen LogP contribution < -0.4 is 15.4 Å². The normalized spacial score (nSPS) is 19.9. The third-order valence-corrected chi connectivity index (χ3v) is 11.9. The van der Waals surface area contributed by atoms with Gasteiger partial charge < -0.3 is 19.0 Å². The molecule has 57 heavy (non-hydrogen) atoms. The number of fused-ring (bicyclic) bond motifs is 9. The van der Waals surface area contributed by atoms with Crippen LogP contribution in [0.1, 0.15) is 46.1 Å². The molecule has 1 aliphatic carbocycles. The van der Waals surface area contributed by atoms with E-state index in [9.17, 15) is 0 Å². The Kier molecular flexibility index (Phi) is 7.16. The molecule has 2 N–H and O–H groups in total. The van der Waals surface area contributed by atoms with Crippen LogP contribution in [-0.2, 0) is 0 Å². The zero-order chi connectivity index (χ0) is 37.5. The van der Waals surface area contributed by atoms with Crippen LogP contribution in [0.4, 0.5) is 0 Å². The standard InChI is InChI=1S/C51H36N4O2/c1-3-15-31(16-4-1)49-52-50(32-17-5-2-6-18-32)54-51(53-49)40-26-12-25-39-45-35(21-14-30-44(45)56-47(39)40)36-22-11-23-37-38-24-13-29-43(48(38)57-46(36)37)55-41-27-9-7-19-33(41)34-20-8-10-28-42(34)55/h1-30,44-45,49,51,53H,(H,52,54). The van der Waals surface area contributed by atoms with Crippen molar-refractivity contribution in [2.24, 2.45) is 4.99 Å². The third kappa shape index (κ3) is 4.97. The lowest BCUT2D eigenvalue weighted by atomic mass is 9.80. The van der Waals surface area contributed by atoms with Crippen molar-refractivity contribution >= 4 is 55.2 Å². The van der Waals surface area contributed by atoms with Crippen molar-refractivity contribution in [1.29, 1.82) is 0 Å². The molecule has 4 atom stereocenters. The van der Waals surface area contributed by atoms with E-state index in [1.54, 1.807) is 0 Å². The highest BCUT2D eigenvalue weighted by Gasteiger charge is 2.41. The number of rotatable bonds is 5. The molecule has 0 fully saturated rings. The number of hydrogen-bond acceptors (Lipinski definition) is 5. The van der Waals surface area contributed by atoms with E-state index in [0.29, 0.717) is 0 Å². The van der Waals surface area contributed by atoms with E-state index in [2.05, 4.69) is 185 Å². The van der Waals surface area contributed by atoms with Crippen LogP contribution in [0.25, 0.3) is 55.0 Å². The summed E-state index contributed by atoms with van der Waals surface area (Å²) < 4.78 is 16.4. The number of benzene rings is 7. The van der Waals surface area contributed by atoms with Crippen molar-refractivity contribution in [3.05, 3.63) is 210 Å². The largest absolute Gasteiger partial charge is 0.485 e. The monoisotopic (exact) mass is 736 g/mol. The maximum Gasteiger partial charge on any atom is 0.159 e. The number of nitrogens with zero attached hydrogens (tertiary/aromatic N) is 2. The summed E-state index contributed by atoms with van der Waals surface area (Å²) in [6, 6.07) is 57.6. The van der Waals surface area contributed by atoms with Crippen molar-refractivity contribution in [2.75, 3.05) is 0 Å². The molecule has 0 amide bonds. The zero-order valence-corrected chi connectivity index (χ0v) is 30.8. The third-order valence-electron chi connectivity index (χ3n) is 11.9. The van der Waals surface area contributed by atoms with Crippen LogP contribution in [0.5, 0.6) is 5.75 Å². The summed E-state index contributed by atoms with van der Waals surface area (Å²) in [4.78, 5) is 5.14. The molecular weight excluding hydrogens is 701 g/mol. The second kappa shape index (κ2) is 12.7. The van der Waals surface area contributed by atoms with Gasteiger partial charge in [-0.3, -0.25) is 5.32 Å². The summed E-state index contributed by atoms with van der Waals surface area (Å²) in [5.41, 5.74) is 11.7. The molecule has 0 bridgehead atoms. The van der Waals surface area contributed by atoms with E-state index in [4.69, 9.17) is 14.1 Å². The second-order valence-electron chi connectivity index (χ2n) is 15.0. The van der Waals surface area contributed by atoms with Gasteiger partial charge in [0.05, 0.1) is 22.6 Å². The van der Waals surface area contributed by atoms with Crippen molar-refractivity contribution in [2.45, 2.75) is 24.4 Å². The van der Waals surface area contributed by atoms with Gasteiger partial charge in [0.1, 0.15) is 35.6 Å². The van der Waals surface area contributed by atoms with Gasteiger partial charge in [-0.1, -0.05) is 158 Å². The molecule has 3 aliphatic rings. The van der Waals surface area contributed by atoms with E-state index in [0.717, 1.165) is 78.1 Å². The van der Waals surface area contributed by atoms with E-state index in [1.165, 1.54) is 16.3 Å². The maximum absolute atomic E-state index is 7.09. The highest BCUT2D eigenvalue weighted by atomic mass is 16.5. The van der Waals surface area contributed by atoms with E-state index < -0.39 is 0 Å². The van der Waals surface area contributed by atoms with Crippen LogP contribution in [-0.4, -0.2) is 16.5 Å². The number of aromatic nitrogens is 1. The minimum Gasteiger partial charge on any atom is -0.485 e. The number of nitrogens with one attached hydrogen (secondary N) is 2. The molecular formula is C51H36N4O2. The SMILES string of the molecule is C1=CC2Oc3c(C4NC(c5ccccc5)=NC(c5ccccc5)N4)cccc3C2C(c2cccc3c2oc2c(-n4c5ccccc5c5ccccc54)cccc23)=C1. The van der Waals surface area contributed by atoms with Crippen LogP contribution in [0.3, 0.4) is 0 Å². The summed E-state index contributed by atoms with van der Waals surface area (Å²) in [6.45, 7) is 0. The Hall–Kier alpha value is -7.15. The molecule has 6 heteroatoms. The first-order valence-corrected chi connectivity index (χ1v) is 19.6. The quantitative estimate of drug-likeness (QED) is 0.185. The molecule has 4 unspecified atom stereocenters. The summed E-state index contributed by atoms with van der Waals surface area (Å²) in [5, 5.41) is 12.2. The molecule has 6 nitrogen and oxygen atoms in total. The minimum atomic E-state index is -0.243. The number of furan rings is 1. The topological polar surface area (TPSA) is 63.7 Å². The first kappa shape index (κ1) is 32.1. The summed E-state index contributed by atoms with van der Waals surface area (Å²) >= 11 is 0. The summed E-state index contributed by atoms with van der Waals surface area (Å²) in [5.74, 6) is 1.73. The van der Waals surface area contributed by atoms with E-state index in [-0.39, 0.29) is 24.4 Å². The molecule has 2 aromatic heterocycles. The Morgan fingerprint density at radius 2 is 1.23 bits per heavy atom. The van der Waals surface area contributed by atoms with Gasteiger partial charge in [0.25, 0.3) is 0 Å². The second-order valence-corrected chi connectivity index (χ2v) is 15.0. The average Bonchev–Trinajstić information content (AvgIpc) is 3.97. The van der Waals surface area contributed by atoms with Gasteiger partial charge in [-0.2, -0.15) is 0 Å². The lowest BCUT2D eigenvalue weighted by Gasteiger charge is -2.32. The Morgan fingerprint density at radius 3 is 2.02 bits per heavy atom. The van der Waals surface area contributed by atoms with Gasteiger partial charge in [-0.25, -0.2) is 4.99 Å². The van der Waals surface area contributed by atoms with Crippen molar-refractivity contribution in [1.82, 2.24) is 15.2 Å². The molecule has 272 valence electrons. The van der Waals surface area contributed by atoms with E-state index in [1.807, 2.05) is 12.1 Å². The Bertz CT molecular complexity index is 3080. The van der Waals surface area contributed by atoms with Crippen molar-refractivity contribution in [3.8, 4) is 11.4 Å². The molecule has 0 spiro atoms. The lowest BCUT2D eigenvalue weighted by Crippen LogP contribution is -2.45. The average molecular weight is 737 g/mol. The predicted molar refractivity (Wildman–Crippen MR) is 230 cm³/mol. The maximum atomic E-state index is 7.09. The number of ether oxygens (including phenoxy) is 1. The van der Waals surface area contributed by atoms with Gasteiger partial charge in [0, 0.05) is 43.8 Å². The molecule has 7 aromatic carbocycles. The highest BCUT2D eigenvalue weighted by molar-refractivity contribution is 6.14. The molecule has 12 rings (SSSR count). The Morgan fingerprint density at radius 1 is 0.579 bits per heavy atom. The van der Waals surface area contributed by atoms with Crippen LogP contribution >= 0.6 is 0 Å². The number of allylic oxidation sites excluding steroid dienone is 2. The minimum absolute atomic E-state index is 0.0173. The molecule has 0 saturated heterocycles. The number of amidine groups is 1. The van der Waals surface area contributed by atoms with Gasteiger partial charge >= 0.3 is 0 Å². The van der Waals surface area contributed by atoms with Crippen LogP contribution in [0, 0.1) is 0 Å². The smallest absolute Gasteiger partial charge is 0.159 e. The number of para-hydroxylation sites is 5. The van der Waals surface area contributed by atoms with Crippen molar-refractivity contribution in [3.63, 3.8) is 0 Å². The first-order chi connectivity index (χ1) is 28.3. The van der Waals surface area contributed by atoms with Crippen LogP contribution in [0.15, 0.2) is 191 Å². The molecule has 9 aromatic rings. The first-order valence-electron chi connectivity index (χ1n) is 19.6. The molecule has 4 heterocycles. The fraction of sp³-hybridized carbons (Fsp3) is 0.0784. The fourth-order valence-corrected chi connectivity index (χ4v) is 9.35. The van der Waals surface area contributed by atoms with E-state index >= 15 is 0 Å². The Balaban J connectivity index is 0.969. The summed E-state index contributed by atoms with van der Waals surface area (Å²) in [7, 11) is 0. The molecule has 0 radical (unpaired) electrons. The number of hydrogen-bond donors (Lipinski definition) is 2. The Labute approximate surface area is 329 Å². The summed E-state index contributed by atoms with van der Waals surface area (Å²) in [6.07, 6.45) is 5.92.